The van der Waals surface area contributed by atoms with Gasteiger partial charge in [-0.2, -0.15) is 0 Å². The summed E-state index contributed by atoms with van der Waals surface area (Å²) in [5.41, 5.74) is 5.70. The minimum absolute atomic E-state index is 0.0218. The second kappa shape index (κ2) is 13.4. The molecule has 44 heavy (non-hydrogen) atoms. The lowest BCUT2D eigenvalue weighted by Gasteiger charge is -2.34. The van der Waals surface area contributed by atoms with Crippen molar-refractivity contribution in [2.75, 3.05) is 29.9 Å². The summed E-state index contributed by atoms with van der Waals surface area (Å²) in [6.45, 7) is 12.8. The maximum absolute atomic E-state index is 13.7. The van der Waals surface area contributed by atoms with Gasteiger partial charge in [0.2, 0.25) is 5.88 Å². The number of nitrogens with one attached hydrogen (secondary N) is 1. The molecule has 1 amide bonds. The highest BCUT2D eigenvalue weighted by atomic mass is 16.5. The van der Waals surface area contributed by atoms with Crippen molar-refractivity contribution in [1.82, 2.24) is 9.97 Å². The maximum Gasteiger partial charge on any atom is 0.303 e. The van der Waals surface area contributed by atoms with Gasteiger partial charge in [-0.1, -0.05) is 32.9 Å². The molecule has 1 saturated carbocycles. The summed E-state index contributed by atoms with van der Waals surface area (Å²) in [7, 11) is 0. The number of carboxylic acid groups (broad SMARTS) is 1. The zero-order valence-corrected chi connectivity index (χ0v) is 26.7. The van der Waals surface area contributed by atoms with Crippen LogP contribution >= 0.6 is 0 Å². The fourth-order valence-corrected chi connectivity index (χ4v) is 6.20. The molecule has 2 aliphatic rings. The average molecular weight is 599 g/mol. The number of aromatic nitrogens is 2. The van der Waals surface area contributed by atoms with Gasteiger partial charge in [-0.3, -0.25) is 9.59 Å². The van der Waals surface area contributed by atoms with Crippen molar-refractivity contribution in [1.29, 1.82) is 0 Å². The number of amides is 1. The molecule has 0 radical (unpaired) electrons. The summed E-state index contributed by atoms with van der Waals surface area (Å²) in [6, 6.07) is 13.9. The normalized spacial score (nSPS) is 16.4. The second-order valence-electron chi connectivity index (χ2n) is 13.9. The Morgan fingerprint density at radius 1 is 1.05 bits per heavy atom. The first-order chi connectivity index (χ1) is 20.9. The number of nitrogens with zero attached hydrogens (tertiary/aromatic N) is 3. The standard InChI is InChI=1S/C36H46N4O4/c1-23-6-11-29(35(43)39-34-28(21-36(3,4)5)8-7-24(2)38-34)31(18-23)40-16-13-25(14-17-40)22-44-32-19-27(12-15-37-32)30(20-33(41)42)26-9-10-26/h6-8,11-12,15,18-19,25-26,30H,9-10,13-14,16-17,20-22H2,1-5H3,(H,41,42)(H,38,39,43). The predicted molar refractivity (Wildman–Crippen MR) is 174 cm³/mol. The van der Waals surface area contributed by atoms with E-state index in [-0.39, 0.29) is 23.7 Å². The molecule has 8 nitrogen and oxygen atoms in total. The van der Waals surface area contributed by atoms with E-state index in [1.807, 2.05) is 37.3 Å². The van der Waals surface area contributed by atoms with Crippen LogP contribution in [0.4, 0.5) is 11.5 Å². The minimum atomic E-state index is -0.765. The van der Waals surface area contributed by atoms with Gasteiger partial charge in [0.05, 0.1) is 18.6 Å². The fourth-order valence-electron chi connectivity index (χ4n) is 6.20. The van der Waals surface area contributed by atoms with Crippen LogP contribution in [0.5, 0.6) is 5.88 Å². The number of carboxylic acids is 1. The number of hydrogen-bond acceptors (Lipinski definition) is 6. The molecule has 3 heterocycles. The molecule has 1 unspecified atom stereocenters. The molecule has 2 aromatic heterocycles. The van der Waals surface area contributed by atoms with Gasteiger partial charge < -0.3 is 20.1 Å². The highest BCUT2D eigenvalue weighted by molar-refractivity contribution is 6.08. The molecule has 234 valence electrons. The summed E-state index contributed by atoms with van der Waals surface area (Å²) in [5, 5.41) is 12.5. The summed E-state index contributed by atoms with van der Waals surface area (Å²) < 4.78 is 6.14. The number of aryl methyl sites for hydroxylation is 2. The van der Waals surface area contributed by atoms with Crippen LogP contribution in [0.2, 0.25) is 0 Å². The Morgan fingerprint density at radius 2 is 1.80 bits per heavy atom. The Kier molecular flexibility index (Phi) is 9.56. The first kappa shape index (κ1) is 31.5. The summed E-state index contributed by atoms with van der Waals surface area (Å²) in [4.78, 5) is 36.5. The van der Waals surface area contributed by atoms with Crippen LogP contribution in [0.3, 0.4) is 0 Å². The maximum atomic E-state index is 13.7. The van der Waals surface area contributed by atoms with Gasteiger partial charge in [0.15, 0.2) is 0 Å². The van der Waals surface area contributed by atoms with Gasteiger partial charge >= 0.3 is 5.97 Å². The molecule has 3 aromatic rings. The third kappa shape index (κ3) is 8.36. The first-order valence-electron chi connectivity index (χ1n) is 15.9. The van der Waals surface area contributed by atoms with E-state index in [1.165, 1.54) is 0 Å². The van der Waals surface area contributed by atoms with E-state index in [1.54, 1.807) is 6.20 Å². The van der Waals surface area contributed by atoms with E-state index in [0.29, 0.717) is 35.7 Å². The molecule has 1 aromatic carbocycles. The number of benzene rings is 1. The van der Waals surface area contributed by atoms with Gasteiger partial charge in [0.1, 0.15) is 5.82 Å². The van der Waals surface area contributed by atoms with Crippen LogP contribution in [0.15, 0.2) is 48.7 Å². The lowest BCUT2D eigenvalue weighted by molar-refractivity contribution is -0.137. The largest absolute Gasteiger partial charge is 0.481 e. The number of ether oxygens (including phenoxy) is 1. The van der Waals surface area contributed by atoms with E-state index in [2.05, 4.69) is 60.0 Å². The Bertz CT molecular complexity index is 1490. The predicted octanol–water partition coefficient (Wildman–Crippen LogP) is 7.20. The zero-order valence-electron chi connectivity index (χ0n) is 26.7. The van der Waals surface area contributed by atoms with Gasteiger partial charge in [0, 0.05) is 36.7 Å². The quantitative estimate of drug-likeness (QED) is 0.241. The highest BCUT2D eigenvalue weighted by Crippen LogP contribution is 2.45. The summed E-state index contributed by atoms with van der Waals surface area (Å²) in [6.07, 6.45) is 6.73. The number of hydrogen-bond donors (Lipinski definition) is 2. The molecular weight excluding hydrogens is 552 g/mol. The Morgan fingerprint density at radius 3 is 2.48 bits per heavy atom. The monoisotopic (exact) mass is 598 g/mol. The van der Waals surface area contributed by atoms with E-state index >= 15 is 0 Å². The second-order valence-corrected chi connectivity index (χ2v) is 13.9. The SMILES string of the molecule is Cc1ccc(C(=O)Nc2nc(C)ccc2CC(C)(C)C)c(N2CCC(COc3cc(C(CC(=O)O)C4CC4)ccn3)CC2)c1. The number of piperidine rings is 1. The van der Waals surface area contributed by atoms with Crippen molar-refractivity contribution >= 4 is 23.4 Å². The molecule has 1 saturated heterocycles. The number of aliphatic carboxylic acids is 1. The van der Waals surface area contributed by atoms with Crippen molar-refractivity contribution < 1.29 is 19.4 Å². The Labute approximate surface area is 261 Å². The van der Waals surface area contributed by atoms with Crippen LogP contribution in [0.25, 0.3) is 0 Å². The van der Waals surface area contributed by atoms with Crippen LogP contribution in [-0.4, -0.2) is 46.6 Å². The first-order valence-corrected chi connectivity index (χ1v) is 15.9. The number of pyridine rings is 2. The van der Waals surface area contributed by atoms with E-state index < -0.39 is 5.97 Å². The topological polar surface area (TPSA) is 105 Å². The van der Waals surface area contributed by atoms with Crippen LogP contribution in [0.1, 0.15) is 91.5 Å². The average Bonchev–Trinajstić information content (AvgIpc) is 3.81. The van der Waals surface area contributed by atoms with Crippen molar-refractivity contribution in [3.63, 3.8) is 0 Å². The number of rotatable bonds is 11. The molecule has 0 bridgehead atoms. The smallest absolute Gasteiger partial charge is 0.303 e. The summed E-state index contributed by atoms with van der Waals surface area (Å²) in [5.74, 6) is 1.13. The van der Waals surface area contributed by atoms with Crippen LogP contribution in [-0.2, 0) is 11.2 Å². The van der Waals surface area contributed by atoms with Crippen molar-refractivity contribution in [3.05, 3.63) is 76.6 Å². The summed E-state index contributed by atoms with van der Waals surface area (Å²) >= 11 is 0. The zero-order chi connectivity index (χ0) is 31.4. The van der Waals surface area contributed by atoms with Gasteiger partial charge in [0.25, 0.3) is 5.91 Å². The minimum Gasteiger partial charge on any atom is -0.481 e. The van der Waals surface area contributed by atoms with E-state index in [0.717, 1.165) is 73.3 Å². The van der Waals surface area contributed by atoms with Crippen molar-refractivity contribution in [2.45, 2.75) is 79.1 Å². The lowest BCUT2D eigenvalue weighted by atomic mass is 9.88. The molecule has 2 fully saturated rings. The fraction of sp³-hybridized carbons (Fsp3) is 0.500. The third-order valence-corrected chi connectivity index (χ3v) is 8.66. The molecule has 1 aliphatic heterocycles. The Balaban J connectivity index is 1.22. The van der Waals surface area contributed by atoms with Gasteiger partial charge in [-0.15, -0.1) is 0 Å². The lowest BCUT2D eigenvalue weighted by Crippen LogP contribution is -2.36. The molecule has 5 rings (SSSR count). The molecule has 2 N–H and O–H groups in total. The van der Waals surface area contributed by atoms with E-state index in [4.69, 9.17) is 4.74 Å². The molecule has 1 atom stereocenters. The number of carbonyl (C=O) groups excluding carboxylic acids is 1. The van der Waals surface area contributed by atoms with Crippen LogP contribution < -0.4 is 15.0 Å². The van der Waals surface area contributed by atoms with Crippen molar-refractivity contribution in [3.8, 4) is 5.88 Å². The van der Waals surface area contributed by atoms with Crippen molar-refractivity contribution in [2.24, 2.45) is 17.3 Å². The number of anilines is 2. The van der Waals surface area contributed by atoms with Gasteiger partial charge in [-0.05, 0) is 110 Å². The van der Waals surface area contributed by atoms with Crippen LogP contribution in [0, 0.1) is 31.1 Å². The molecular formula is C36H46N4O4. The van der Waals surface area contributed by atoms with Gasteiger partial charge in [-0.25, -0.2) is 9.97 Å². The highest BCUT2D eigenvalue weighted by Gasteiger charge is 2.34. The Hall–Kier alpha value is -3.94. The molecule has 0 spiro atoms. The third-order valence-electron chi connectivity index (χ3n) is 8.66. The number of carbonyl (C=O) groups is 2. The van der Waals surface area contributed by atoms with E-state index in [9.17, 15) is 14.7 Å². The molecule has 1 aliphatic carbocycles. The molecule has 8 heteroatoms.